The van der Waals surface area contributed by atoms with Crippen molar-refractivity contribution in [2.45, 2.75) is 44.6 Å². The lowest BCUT2D eigenvalue weighted by Gasteiger charge is -2.16. The monoisotopic (exact) mass is 484 g/mol. The Labute approximate surface area is 204 Å². The lowest BCUT2D eigenvalue weighted by atomic mass is 9.98. The van der Waals surface area contributed by atoms with E-state index in [1.165, 1.54) is 34.0 Å². The summed E-state index contributed by atoms with van der Waals surface area (Å²) in [5.74, 6) is -0.317. The summed E-state index contributed by atoms with van der Waals surface area (Å²) in [5.41, 5.74) is 4.69. The summed E-state index contributed by atoms with van der Waals surface area (Å²) in [6, 6.07) is 16.0. The SMILES string of the molecule is CCCC[C@H](CC(=O)O)NC(=O)CSCCNC(=O)OCC1c2ccccc2-c2ccccc21. The Morgan fingerprint density at radius 3 is 2.32 bits per heavy atom. The van der Waals surface area contributed by atoms with Gasteiger partial charge in [0.05, 0.1) is 12.2 Å². The van der Waals surface area contributed by atoms with Crippen LogP contribution in [0, 0.1) is 0 Å². The number of nitrogens with one attached hydrogen (secondary N) is 2. The molecule has 0 radical (unpaired) electrons. The second kappa shape index (κ2) is 13.0. The van der Waals surface area contributed by atoms with Crippen molar-refractivity contribution < 1.29 is 24.2 Å². The van der Waals surface area contributed by atoms with E-state index in [1.807, 2.05) is 31.2 Å². The van der Waals surface area contributed by atoms with Crippen LogP contribution in [0.1, 0.15) is 49.7 Å². The lowest BCUT2D eigenvalue weighted by Crippen LogP contribution is -2.37. The van der Waals surface area contributed by atoms with E-state index in [0.29, 0.717) is 18.7 Å². The molecule has 0 aromatic heterocycles. The molecule has 1 atom stereocenters. The number of aliphatic carboxylic acids is 1. The van der Waals surface area contributed by atoms with Crippen LogP contribution < -0.4 is 10.6 Å². The molecule has 2 aromatic carbocycles. The maximum atomic E-state index is 12.2. The highest BCUT2D eigenvalue weighted by atomic mass is 32.2. The zero-order chi connectivity index (χ0) is 24.3. The van der Waals surface area contributed by atoms with Crippen LogP contribution in [0.5, 0.6) is 0 Å². The molecule has 3 rings (SSSR count). The Hall–Kier alpha value is -3.00. The van der Waals surface area contributed by atoms with Crippen LogP contribution in [0.2, 0.25) is 0 Å². The van der Waals surface area contributed by atoms with Crippen LogP contribution in [0.3, 0.4) is 0 Å². The van der Waals surface area contributed by atoms with Gasteiger partial charge in [-0.2, -0.15) is 11.8 Å². The van der Waals surface area contributed by atoms with Gasteiger partial charge in [-0.1, -0.05) is 68.3 Å². The van der Waals surface area contributed by atoms with E-state index in [2.05, 4.69) is 34.9 Å². The number of alkyl carbamates (subject to hydrolysis) is 1. The zero-order valence-corrected chi connectivity index (χ0v) is 20.2. The summed E-state index contributed by atoms with van der Waals surface area (Å²) in [7, 11) is 0. The smallest absolute Gasteiger partial charge is 0.407 e. The largest absolute Gasteiger partial charge is 0.481 e. The van der Waals surface area contributed by atoms with E-state index in [4.69, 9.17) is 9.84 Å². The summed E-state index contributed by atoms with van der Waals surface area (Å²) < 4.78 is 5.50. The van der Waals surface area contributed by atoms with Crippen molar-refractivity contribution in [2.24, 2.45) is 0 Å². The first kappa shape index (κ1) is 25.6. The molecule has 0 saturated carbocycles. The Balaban J connectivity index is 1.35. The van der Waals surface area contributed by atoms with E-state index in [1.54, 1.807) is 0 Å². The molecule has 2 amide bonds. The lowest BCUT2D eigenvalue weighted by molar-refractivity contribution is -0.137. The van der Waals surface area contributed by atoms with E-state index in [0.717, 1.165) is 12.8 Å². The minimum atomic E-state index is -0.915. The van der Waals surface area contributed by atoms with Crippen molar-refractivity contribution >= 4 is 29.7 Å². The number of amides is 2. The Morgan fingerprint density at radius 1 is 1.06 bits per heavy atom. The number of benzene rings is 2. The van der Waals surface area contributed by atoms with Gasteiger partial charge in [-0.05, 0) is 28.7 Å². The topological polar surface area (TPSA) is 105 Å². The van der Waals surface area contributed by atoms with Gasteiger partial charge in [-0.3, -0.25) is 9.59 Å². The van der Waals surface area contributed by atoms with Gasteiger partial charge in [0, 0.05) is 24.3 Å². The molecule has 0 aliphatic heterocycles. The number of carboxylic acids is 1. The standard InChI is InChI=1S/C26H32N2O5S/c1-2-3-8-18(15-25(30)31)28-24(29)17-34-14-13-27-26(32)33-16-23-21-11-6-4-9-19(21)20-10-5-7-12-22(20)23/h4-7,9-12,18,23H,2-3,8,13-17H2,1H3,(H,27,32)(H,28,29)(H,30,31)/t18-/m1/s1. The van der Waals surface area contributed by atoms with E-state index in [-0.39, 0.29) is 36.6 Å². The summed E-state index contributed by atoms with van der Waals surface area (Å²) >= 11 is 1.38. The van der Waals surface area contributed by atoms with Gasteiger partial charge in [0.1, 0.15) is 6.61 Å². The van der Waals surface area contributed by atoms with Gasteiger partial charge in [0.2, 0.25) is 5.91 Å². The number of hydrogen-bond donors (Lipinski definition) is 3. The van der Waals surface area contributed by atoms with Crippen molar-refractivity contribution in [1.82, 2.24) is 10.6 Å². The molecule has 0 heterocycles. The molecule has 7 nitrogen and oxygen atoms in total. The molecule has 0 unspecified atom stereocenters. The highest BCUT2D eigenvalue weighted by Gasteiger charge is 2.28. The van der Waals surface area contributed by atoms with E-state index < -0.39 is 12.1 Å². The maximum absolute atomic E-state index is 12.2. The quantitative estimate of drug-likeness (QED) is 0.364. The summed E-state index contributed by atoms with van der Waals surface area (Å²) in [6.07, 6.45) is 1.92. The first-order valence-electron chi connectivity index (χ1n) is 11.7. The number of carbonyl (C=O) groups excluding carboxylic acids is 2. The summed E-state index contributed by atoms with van der Waals surface area (Å²) in [6.45, 7) is 2.67. The second-order valence-corrected chi connectivity index (χ2v) is 9.41. The number of carbonyl (C=O) groups is 3. The summed E-state index contributed by atoms with van der Waals surface area (Å²) in [5, 5.41) is 14.5. The average molecular weight is 485 g/mol. The Morgan fingerprint density at radius 2 is 1.71 bits per heavy atom. The molecule has 8 heteroatoms. The van der Waals surface area contributed by atoms with Gasteiger partial charge in [0.15, 0.2) is 0 Å². The van der Waals surface area contributed by atoms with Crippen LogP contribution in [0.25, 0.3) is 11.1 Å². The van der Waals surface area contributed by atoms with Crippen molar-refractivity contribution in [3.05, 3.63) is 59.7 Å². The molecule has 0 fully saturated rings. The second-order valence-electron chi connectivity index (χ2n) is 8.31. The van der Waals surface area contributed by atoms with Gasteiger partial charge in [-0.15, -0.1) is 0 Å². The van der Waals surface area contributed by atoms with Gasteiger partial charge in [0.25, 0.3) is 0 Å². The Bertz CT molecular complexity index is 951. The fourth-order valence-electron chi connectivity index (χ4n) is 4.20. The molecule has 0 spiro atoms. The number of ether oxygens (including phenoxy) is 1. The molecule has 0 bridgehead atoms. The summed E-state index contributed by atoms with van der Waals surface area (Å²) in [4.78, 5) is 35.3. The predicted octanol–water partition coefficient (Wildman–Crippen LogP) is 4.41. The van der Waals surface area contributed by atoms with Crippen LogP contribution in [-0.4, -0.2) is 53.8 Å². The van der Waals surface area contributed by atoms with Crippen molar-refractivity contribution in [3.8, 4) is 11.1 Å². The van der Waals surface area contributed by atoms with Gasteiger partial charge < -0.3 is 20.5 Å². The van der Waals surface area contributed by atoms with Crippen molar-refractivity contribution in [1.29, 1.82) is 0 Å². The molecule has 2 aromatic rings. The van der Waals surface area contributed by atoms with Crippen LogP contribution in [0.4, 0.5) is 4.79 Å². The molecule has 1 aliphatic rings. The third kappa shape index (κ3) is 7.25. The normalized spacial score (nSPS) is 13.0. The number of rotatable bonds is 13. The Kier molecular flexibility index (Phi) is 9.82. The van der Waals surface area contributed by atoms with Crippen LogP contribution in [0.15, 0.2) is 48.5 Å². The fraction of sp³-hybridized carbons (Fsp3) is 0.423. The van der Waals surface area contributed by atoms with E-state index >= 15 is 0 Å². The number of fused-ring (bicyclic) bond motifs is 3. The minimum absolute atomic E-state index is 0.0164. The molecular formula is C26H32N2O5S. The molecule has 182 valence electrons. The predicted molar refractivity (Wildman–Crippen MR) is 134 cm³/mol. The molecule has 0 saturated heterocycles. The number of unbranched alkanes of at least 4 members (excludes halogenated alkanes) is 1. The maximum Gasteiger partial charge on any atom is 0.407 e. The van der Waals surface area contributed by atoms with Crippen LogP contribution >= 0.6 is 11.8 Å². The zero-order valence-electron chi connectivity index (χ0n) is 19.4. The number of carboxylic acid groups (broad SMARTS) is 1. The molecule has 3 N–H and O–H groups in total. The van der Waals surface area contributed by atoms with Crippen molar-refractivity contribution in [2.75, 3.05) is 24.7 Å². The van der Waals surface area contributed by atoms with Crippen molar-refractivity contribution in [3.63, 3.8) is 0 Å². The highest BCUT2D eigenvalue weighted by molar-refractivity contribution is 7.99. The van der Waals surface area contributed by atoms with Gasteiger partial charge >= 0.3 is 12.1 Å². The van der Waals surface area contributed by atoms with Gasteiger partial charge in [-0.25, -0.2) is 4.79 Å². The first-order chi connectivity index (χ1) is 16.5. The molecule has 34 heavy (non-hydrogen) atoms. The molecular weight excluding hydrogens is 452 g/mol. The third-order valence-electron chi connectivity index (χ3n) is 5.78. The highest BCUT2D eigenvalue weighted by Crippen LogP contribution is 2.44. The van der Waals surface area contributed by atoms with Crippen LogP contribution in [-0.2, 0) is 14.3 Å². The number of thioether (sulfide) groups is 1. The first-order valence-corrected chi connectivity index (χ1v) is 12.8. The fourth-order valence-corrected chi connectivity index (χ4v) is 4.85. The number of hydrogen-bond acceptors (Lipinski definition) is 5. The molecule has 1 aliphatic carbocycles. The third-order valence-corrected chi connectivity index (χ3v) is 6.74. The average Bonchev–Trinajstić information content (AvgIpc) is 3.14. The minimum Gasteiger partial charge on any atom is -0.481 e. The van der Waals surface area contributed by atoms with E-state index in [9.17, 15) is 14.4 Å².